The van der Waals surface area contributed by atoms with Crippen molar-refractivity contribution in [3.05, 3.63) is 53.6 Å². The summed E-state index contributed by atoms with van der Waals surface area (Å²) in [6, 6.07) is 13.4. The highest BCUT2D eigenvalue weighted by Crippen LogP contribution is 2.32. The summed E-state index contributed by atoms with van der Waals surface area (Å²) in [6.07, 6.45) is -0.550. The van der Waals surface area contributed by atoms with Gasteiger partial charge in [0.15, 0.2) is 17.6 Å². The van der Waals surface area contributed by atoms with Crippen LogP contribution in [-0.2, 0) is 11.3 Å². The molecule has 3 rings (SSSR count). The van der Waals surface area contributed by atoms with Crippen molar-refractivity contribution >= 4 is 5.91 Å². The van der Waals surface area contributed by atoms with Gasteiger partial charge in [-0.15, -0.1) is 0 Å². The second-order valence-corrected chi connectivity index (χ2v) is 5.96. The normalized spacial score (nSPS) is 13.5. The highest BCUT2D eigenvalue weighted by atomic mass is 16.7. The maximum absolute atomic E-state index is 12.5. The first-order valence-electron chi connectivity index (χ1n) is 7.90. The van der Waals surface area contributed by atoms with E-state index in [2.05, 4.69) is 0 Å². The van der Waals surface area contributed by atoms with Gasteiger partial charge in [0.2, 0.25) is 6.79 Å². The van der Waals surface area contributed by atoms with E-state index in [-0.39, 0.29) is 12.7 Å². The van der Waals surface area contributed by atoms with Crippen LogP contribution in [0.3, 0.4) is 0 Å². The van der Waals surface area contributed by atoms with Crippen LogP contribution < -0.4 is 14.2 Å². The lowest BCUT2D eigenvalue weighted by Crippen LogP contribution is -2.37. The molecule has 1 aliphatic rings. The van der Waals surface area contributed by atoms with Crippen molar-refractivity contribution < 1.29 is 19.0 Å². The number of likely N-dealkylation sites (N-methyl/N-ethyl adjacent to an activating group) is 1. The zero-order valence-electron chi connectivity index (χ0n) is 14.1. The van der Waals surface area contributed by atoms with Crippen LogP contribution in [0.15, 0.2) is 42.5 Å². The van der Waals surface area contributed by atoms with Gasteiger partial charge in [0.25, 0.3) is 5.91 Å². The van der Waals surface area contributed by atoms with E-state index in [0.29, 0.717) is 12.3 Å². The van der Waals surface area contributed by atoms with E-state index in [9.17, 15) is 4.79 Å². The number of nitrogens with zero attached hydrogens (tertiary/aromatic N) is 1. The minimum atomic E-state index is -0.550. The smallest absolute Gasteiger partial charge is 0.263 e. The van der Waals surface area contributed by atoms with Crippen LogP contribution in [0.4, 0.5) is 0 Å². The lowest BCUT2D eigenvalue weighted by molar-refractivity contribution is -0.137. The van der Waals surface area contributed by atoms with E-state index in [0.717, 1.165) is 22.6 Å². The molecule has 0 aromatic heterocycles. The van der Waals surface area contributed by atoms with Crippen LogP contribution in [0, 0.1) is 6.92 Å². The second kappa shape index (κ2) is 6.83. The number of rotatable bonds is 5. The zero-order chi connectivity index (χ0) is 17.1. The Balaban J connectivity index is 1.61. The van der Waals surface area contributed by atoms with Gasteiger partial charge in [0, 0.05) is 13.6 Å². The van der Waals surface area contributed by atoms with Crippen LogP contribution >= 0.6 is 0 Å². The van der Waals surface area contributed by atoms with Crippen molar-refractivity contribution in [3.63, 3.8) is 0 Å². The first-order chi connectivity index (χ1) is 11.5. The van der Waals surface area contributed by atoms with E-state index in [1.54, 1.807) is 18.9 Å². The van der Waals surface area contributed by atoms with E-state index in [1.807, 2.05) is 49.4 Å². The SMILES string of the molecule is Cc1cccc(O[C@@H](C)C(=O)N(C)Cc2ccc3c(c2)OCO3)c1. The van der Waals surface area contributed by atoms with Crippen molar-refractivity contribution in [2.45, 2.75) is 26.5 Å². The summed E-state index contributed by atoms with van der Waals surface area (Å²) in [5.74, 6) is 2.09. The predicted octanol–water partition coefficient (Wildman–Crippen LogP) is 3.15. The third-order valence-corrected chi connectivity index (χ3v) is 3.88. The van der Waals surface area contributed by atoms with Crippen LogP contribution in [0.1, 0.15) is 18.1 Å². The Morgan fingerprint density at radius 2 is 2.00 bits per heavy atom. The van der Waals surface area contributed by atoms with Gasteiger partial charge in [-0.25, -0.2) is 0 Å². The monoisotopic (exact) mass is 327 g/mol. The summed E-state index contributed by atoms with van der Waals surface area (Å²) >= 11 is 0. The lowest BCUT2D eigenvalue weighted by atomic mass is 10.2. The number of hydrogen-bond acceptors (Lipinski definition) is 4. The van der Waals surface area contributed by atoms with Gasteiger partial charge in [-0.3, -0.25) is 4.79 Å². The van der Waals surface area contributed by atoms with Crippen LogP contribution in [-0.4, -0.2) is 30.8 Å². The van der Waals surface area contributed by atoms with E-state index in [4.69, 9.17) is 14.2 Å². The molecule has 1 aliphatic heterocycles. The maximum Gasteiger partial charge on any atom is 0.263 e. The highest BCUT2D eigenvalue weighted by molar-refractivity contribution is 5.80. The Labute approximate surface area is 141 Å². The third kappa shape index (κ3) is 3.62. The minimum Gasteiger partial charge on any atom is -0.481 e. The molecule has 0 unspecified atom stereocenters. The lowest BCUT2D eigenvalue weighted by Gasteiger charge is -2.22. The Morgan fingerprint density at radius 3 is 2.79 bits per heavy atom. The van der Waals surface area contributed by atoms with Crippen molar-refractivity contribution in [2.24, 2.45) is 0 Å². The average molecular weight is 327 g/mol. The molecule has 0 aliphatic carbocycles. The van der Waals surface area contributed by atoms with Gasteiger partial charge in [-0.1, -0.05) is 18.2 Å². The minimum absolute atomic E-state index is 0.0748. The molecule has 0 radical (unpaired) electrons. The van der Waals surface area contributed by atoms with Crippen LogP contribution in [0.5, 0.6) is 17.2 Å². The summed E-state index contributed by atoms with van der Waals surface area (Å²) in [5, 5.41) is 0. The molecule has 0 N–H and O–H groups in total. The molecule has 1 atom stereocenters. The molecule has 0 saturated carbocycles. The van der Waals surface area contributed by atoms with E-state index < -0.39 is 6.10 Å². The predicted molar refractivity (Wildman–Crippen MR) is 90.3 cm³/mol. The molecule has 5 heteroatoms. The Hall–Kier alpha value is -2.69. The summed E-state index contributed by atoms with van der Waals surface area (Å²) in [4.78, 5) is 14.2. The van der Waals surface area contributed by atoms with E-state index in [1.165, 1.54) is 0 Å². The van der Waals surface area contributed by atoms with Crippen molar-refractivity contribution in [2.75, 3.05) is 13.8 Å². The Morgan fingerprint density at radius 1 is 1.21 bits per heavy atom. The summed E-state index contributed by atoms with van der Waals surface area (Å²) in [5.41, 5.74) is 2.08. The molecule has 1 heterocycles. The maximum atomic E-state index is 12.5. The van der Waals surface area contributed by atoms with Crippen LogP contribution in [0.2, 0.25) is 0 Å². The molecule has 1 amide bonds. The largest absolute Gasteiger partial charge is 0.481 e. The molecule has 2 aromatic carbocycles. The topological polar surface area (TPSA) is 48.0 Å². The molecule has 24 heavy (non-hydrogen) atoms. The number of carbonyl (C=O) groups is 1. The van der Waals surface area contributed by atoms with Gasteiger partial charge in [-0.05, 0) is 49.2 Å². The molecule has 2 aromatic rings. The molecule has 126 valence electrons. The second-order valence-electron chi connectivity index (χ2n) is 5.96. The quantitative estimate of drug-likeness (QED) is 0.846. The number of hydrogen-bond donors (Lipinski definition) is 0. The fourth-order valence-electron chi connectivity index (χ4n) is 2.64. The molecule has 0 spiro atoms. The van der Waals surface area contributed by atoms with E-state index >= 15 is 0 Å². The fraction of sp³-hybridized carbons (Fsp3) is 0.316. The summed E-state index contributed by atoms with van der Waals surface area (Å²) in [7, 11) is 1.77. The Kier molecular flexibility index (Phi) is 4.60. The first-order valence-corrected chi connectivity index (χ1v) is 7.90. The highest BCUT2D eigenvalue weighted by Gasteiger charge is 2.20. The standard InChI is InChI=1S/C19H21NO4/c1-13-5-4-6-16(9-13)24-14(2)19(21)20(3)11-15-7-8-17-18(10-15)23-12-22-17/h4-10,14H,11-12H2,1-3H3/t14-/m0/s1. The summed E-state index contributed by atoms with van der Waals surface area (Å²) in [6.45, 7) is 4.48. The molecule has 0 saturated heterocycles. The Bertz CT molecular complexity index is 744. The van der Waals surface area contributed by atoms with Crippen LogP contribution in [0.25, 0.3) is 0 Å². The molecular weight excluding hydrogens is 306 g/mol. The van der Waals surface area contributed by atoms with Crippen molar-refractivity contribution in [3.8, 4) is 17.2 Å². The number of fused-ring (bicyclic) bond motifs is 1. The number of aryl methyl sites for hydroxylation is 1. The molecule has 0 bridgehead atoms. The third-order valence-electron chi connectivity index (χ3n) is 3.88. The van der Waals surface area contributed by atoms with Gasteiger partial charge in [0.05, 0.1) is 0 Å². The molecule has 5 nitrogen and oxygen atoms in total. The van der Waals surface area contributed by atoms with Crippen molar-refractivity contribution in [1.29, 1.82) is 0 Å². The number of benzene rings is 2. The zero-order valence-corrected chi connectivity index (χ0v) is 14.1. The first kappa shape index (κ1) is 16.2. The number of ether oxygens (including phenoxy) is 3. The van der Waals surface area contributed by atoms with Gasteiger partial charge in [0.1, 0.15) is 5.75 Å². The fourth-order valence-corrected chi connectivity index (χ4v) is 2.64. The number of amides is 1. The van der Waals surface area contributed by atoms with Gasteiger partial charge < -0.3 is 19.1 Å². The molecular formula is C19H21NO4. The molecule has 0 fully saturated rings. The summed E-state index contributed by atoms with van der Waals surface area (Å²) < 4.78 is 16.4. The van der Waals surface area contributed by atoms with Gasteiger partial charge in [-0.2, -0.15) is 0 Å². The van der Waals surface area contributed by atoms with Crippen molar-refractivity contribution in [1.82, 2.24) is 4.90 Å². The van der Waals surface area contributed by atoms with Gasteiger partial charge >= 0.3 is 0 Å². The average Bonchev–Trinajstić information content (AvgIpc) is 3.01. The number of carbonyl (C=O) groups excluding carboxylic acids is 1.